The van der Waals surface area contributed by atoms with E-state index in [4.69, 9.17) is 16.3 Å². The van der Waals surface area contributed by atoms with Gasteiger partial charge >= 0.3 is 0 Å². The monoisotopic (exact) mass is 360 g/mol. The van der Waals surface area contributed by atoms with Crippen molar-refractivity contribution in [3.63, 3.8) is 0 Å². The Bertz CT molecular complexity index is 563. The highest BCUT2D eigenvalue weighted by atomic mass is 79.9. The van der Waals surface area contributed by atoms with E-state index in [-0.39, 0.29) is 0 Å². The summed E-state index contributed by atoms with van der Waals surface area (Å²) in [6.07, 6.45) is -0.0711. The topological polar surface area (TPSA) is 29.5 Å². The van der Waals surface area contributed by atoms with Crippen molar-refractivity contribution in [2.75, 3.05) is 7.11 Å². The zero-order chi connectivity index (χ0) is 14.0. The molecule has 102 valence electrons. The first-order valence-corrected chi connectivity index (χ1v) is 7.76. The Morgan fingerprint density at radius 2 is 2.16 bits per heavy atom. The minimum atomic E-state index is -0.579. The Morgan fingerprint density at radius 1 is 1.42 bits per heavy atom. The zero-order valence-corrected chi connectivity index (χ0v) is 13.8. The summed E-state index contributed by atoms with van der Waals surface area (Å²) in [5.74, 6) is 0.798. The molecule has 1 N–H and O–H groups in total. The molecule has 0 aliphatic rings. The fourth-order valence-electron chi connectivity index (χ4n) is 1.90. The zero-order valence-electron chi connectivity index (χ0n) is 10.6. The molecule has 2 aromatic rings. The molecular weight excluding hydrogens is 348 g/mol. The second kappa shape index (κ2) is 6.27. The van der Waals surface area contributed by atoms with Crippen LogP contribution in [0.2, 0.25) is 4.34 Å². The van der Waals surface area contributed by atoms with Crippen molar-refractivity contribution in [1.29, 1.82) is 0 Å². The molecule has 0 saturated heterocycles. The molecule has 0 saturated carbocycles. The average molecular weight is 362 g/mol. The van der Waals surface area contributed by atoms with Gasteiger partial charge in [0, 0.05) is 15.8 Å². The largest absolute Gasteiger partial charge is 0.496 e. The van der Waals surface area contributed by atoms with Crippen LogP contribution in [-0.2, 0) is 6.42 Å². The Balaban J connectivity index is 2.23. The van der Waals surface area contributed by atoms with Gasteiger partial charge in [-0.1, -0.05) is 29.3 Å². The van der Waals surface area contributed by atoms with Crippen molar-refractivity contribution in [3.8, 4) is 5.75 Å². The third-order valence-electron chi connectivity index (χ3n) is 2.84. The summed E-state index contributed by atoms with van der Waals surface area (Å²) < 4.78 is 6.80. The van der Waals surface area contributed by atoms with Gasteiger partial charge < -0.3 is 9.84 Å². The molecule has 0 aliphatic heterocycles. The van der Waals surface area contributed by atoms with E-state index in [0.29, 0.717) is 10.8 Å². The number of ether oxygens (including phenoxy) is 1. The first kappa shape index (κ1) is 14.9. The van der Waals surface area contributed by atoms with Crippen LogP contribution >= 0.6 is 38.9 Å². The third-order valence-corrected chi connectivity index (χ3v) is 5.42. The highest BCUT2D eigenvalue weighted by molar-refractivity contribution is 9.10. The van der Waals surface area contributed by atoms with E-state index in [1.54, 1.807) is 7.11 Å². The Kier molecular flexibility index (Phi) is 4.90. The van der Waals surface area contributed by atoms with Crippen LogP contribution in [0.15, 0.2) is 28.7 Å². The second-order valence-corrected chi connectivity index (χ2v) is 6.85. The molecule has 19 heavy (non-hydrogen) atoms. The maximum absolute atomic E-state index is 10.3. The minimum Gasteiger partial charge on any atom is -0.496 e. The van der Waals surface area contributed by atoms with E-state index in [2.05, 4.69) is 15.9 Å². The lowest BCUT2D eigenvalue weighted by Crippen LogP contribution is -2.02. The van der Waals surface area contributed by atoms with Crippen LogP contribution in [0.1, 0.15) is 22.1 Å². The molecule has 1 unspecified atom stereocenters. The fourth-order valence-corrected chi connectivity index (χ4v) is 3.63. The molecule has 1 aromatic carbocycles. The number of benzene rings is 1. The van der Waals surface area contributed by atoms with E-state index in [9.17, 15) is 5.11 Å². The quantitative estimate of drug-likeness (QED) is 0.851. The molecular formula is C14H14BrClO2S. The lowest BCUT2D eigenvalue weighted by Gasteiger charge is -2.13. The van der Waals surface area contributed by atoms with Crippen LogP contribution in [0.5, 0.6) is 5.75 Å². The van der Waals surface area contributed by atoms with Crippen molar-refractivity contribution in [2.45, 2.75) is 19.4 Å². The fraction of sp³-hybridized carbons (Fsp3) is 0.286. The molecule has 1 aromatic heterocycles. The van der Waals surface area contributed by atoms with Crippen LogP contribution in [-0.4, -0.2) is 12.2 Å². The number of aliphatic hydroxyl groups excluding tert-OH is 1. The molecule has 5 heteroatoms. The number of hydrogen-bond acceptors (Lipinski definition) is 3. The number of hydrogen-bond donors (Lipinski definition) is 1. The first-order valence-electron chi connectivity index (χ1n) is 5.77. The van der Waals surface area contributed by atoms with E-state index in [1.165, 1.54) is 11.3 Å². The highest BCUT2D eigenvalue weighted by Crippen LogP contribution is 2.37. The Labute approximate surface area is 130 Å². The van der Waals surface area contributed by atoms with Crippen LogP contribution in [0, 0.1) is 6.92 Å². The van der Waals surface area contributed by atoms with E-state index < -0.39 is 6.10 Å². The van der Waals surface area contributed by atoms with Gasteiger partial charge in [-0.15, -0.1) is 11.3 Å². The van der Waals surface area contributed by atoms with Gasteiger partial charge in [0.1, 0.15) is 10.1 Å². The SMILES string of the molecule is COc1ccc(C)cc1CC(O)c1cc(Br)c(Cl)s1. The second-order valence-electron chi connectivity index (χ2n) is 4.31. The smallest absolute Gasteiger partial charge is 0.122 e. The molecule has 2 nitrogen and oxygen atoms in total. The Hall–Kier alpha value is -0.550. The lowest BCUT2D eigenvalue weighted by atomic mass is 10.0. The van der Waals surface area contributed by atoms with Crippen molar-refractivity contribution < 1.29 is 9.84 Å². The normalized spacial score (nSPS) is 12.5. The number of halogens is 2. The summed E-state index contributed by atoms with van der Waals surface area (Å²) in [5, 5.41) is 10.3. The minimum absolute atomic E-state index is 0.508. The van der Waals surface area contributed by atoms with E-state index in [1.807, 2.05) is 31.2 Å². The van der Waals surface area contributed by atoms with Gasteiger partial charge in [0.25, 0.3) is 0 Å². The average Bonchev–Trinajstić information content (AvgIpc) is 2.70. The van der Waals surface area contributed by atoms with Gasteiger partial charge in [-0.3, -0.25) is 0 Å². The van der Waals surface area contributed by atoms with Gasteiger partial charge in [-0.25, -0.2) is 0 Å². The van der Waals surface area contributed by atoms with Crippen LogP contribution in [0.4, 0.5) is 0 Å². The molecule has 0 amide bonds. The van der Waals surface area contributed by atoms with Crippen LogP contribution < -0.4 is 4.74 Å². The predicted octanol–water partition coefficient (Wildman–Crippen LogP) is 4.76. The van der Waals surface area contributed by atoms with Gasteiger partial charge in [0.2, 0.25) is 0 Å². The van der Waals surface area contributed by atoms with Crippen molar-refractivity contribution >= 4 is 38.9 Å². The van der Waals surface area contributed by atoms with Crippen molar-refractivity contribution in [3.05, 3.63) is 49.1 Å². The summed E-state index contributed by atoms with van der Waals surface area (Å²) >= 11 is 10.7. The molecule has 0 radical (unpaired) electrons. The molecule has 0 bridgehead atoms. The molecule has 1 atom stereocenters. The number of thiophene rings is 1. The van der Waals surface area contributed by atoms with E-state index >= 15 is 0 Å². The number of methoxy groups -OCH3 is 1. The van der Waals surface area contributed by atoms with Crippen LogP contribution in [0.3, 0.4) is 0 Å². The maximum Gasteiger partial charge on any atom is 0.122 e. The van der Waals surface area contributed by atoms with Crippen molar-refractivity contribution in [2.24, 2.45) is 0 Å². The molecule has 1 heterocycles. The Morgan fingerprint density at radius 3 is 2.74 bits per heavy atom. The lowest BCUT2D eigenvalue weighted by molar-refractivity contribution is 0.181. The van der Waals surface area contributed by atoms with E-state index in [0.717, 1.165) is 26.2 Å². The maximum atomic E-state index is 10.3. The standard InChI is InChI=1S/C14H14BrClO2S/c1-8-3-4-12(18-2)9(5-8)6-11(17)13-7-10(15)14(16)19-13/h3-5,7,11,17H,6H2,1-2H3. The number of rotatable bonds is 4. The van der Waals surface area contributed by atoms with Gasteiger partial charge in [-0.2, -0.15) is 0 Å². The van der Waals surface area contributed by atoms with Gasteiger partial charge in [0.15, 0.2) is 0 Å². The first-order chi connectivity index (χ1) is 9.01. The summed E-state index contributed by atoms with van der Waals surface area (Å²) in [4.78, 5) is 0.848. The highest BCUT2D eigenvalue weighted by Gasteiger charge is 2.16. The molecule has 0 spiro atoms. The summed E-state index contributed by atoms with van der Waals surface area (Å²) in [5.41, 5.74) is 2.14. The number of aryl methyl sites for hydroxylation is 1. The molecule has 0 aliphatic carbocycles. The van der Waals surface area contributed by atoms with Crippen LogP contribution in [0.25, 0.3) is 0 Å². The third kappa shape index (κ3) is 3.51. The van der Waals surface area contributed by atoms with Gasteiger partial charge in [0.05, 0.1) is 13.2 Å². The van der Waals surface area contributed by atoms with Crippen molar-refractivity contribution in [1.82, 2.24) is 0 Å². The molecule has 0 fully saturated rings. The summed E-state index contributed by atoms with van der Waals surface area (Å²) in [7, 11) is 1.64. The number of aliphatic hydroxyl groups is 1. The molecule has 2 rings (SSSR count). The summed E-state index contributed by atoms with van der Waals surface area (Å²) in [6, 6.07) is 7.81. The van der Waals surface area contributed by atoms with Gasteiger partial charge in [-0.05, 0) is 40.5 Å². The summed E-state index contributed by atoms with van der Waals surface area (Å²) in [6.45, 7) is 2.02. The predicted molar refractivity (Wildman–Crippen MR) is 83.4 cm³/mol.